The number of rotatable bonds is 9. The van der Waals surface area contributed by atoms with E-state index in [2.05, 4.69) is 10.6 Å². The zero-order valence-electron chi connectivity index (χ0n) is 13.2. The molecule has 5 heteroatoms. The third-order valence-electron chi connectivity index (χ3n) is 4.32. The second kappa shape index (κ2) is 10.6. The van der Waals surface area contributed by atoms with Crippen molar-refractivity contribution in [2.45, 2.75) is 58.3 Å². The predicted molar refractivity (Wildman–Crippen MR) is 82.7 cm³/mol. The van der Waals surface area contributed by atoms with Crippen molar-refractivity contribution in [3.8, 4) is 0 Å². The first-order valence-electron chi connectivity index (χ1n) is 8.25. The third-order valence-corrected chi connectivity index (χ3v) is 4.32. The molecule has 2 amide bonds. The largest absolute Gasteiger partial charge is 0.396 e. The summed E-state index contributed by atoms with van der Waals surface area (Å²) in [6.45, 7) is 3.15. The van der Waals surface area contributed by atoms with Crippen LogP contribution in [0.4, 0.5) is 0 Å². The van der Waals surface area contributed by atoms with Crippen LogP contribution in [-0.2, 0) is 9.59 Å². The minimum absolute atomic E-state index is 0.00124. The van der Waals surface area contributed by atoms with Crippen LogP contribution in [0.5, 0.6) is 0 Å². The molecule has 0 aliphatic heterocycles. The highest BCUT2D eigenvalue weighted by atomic mass is 16.3. The lowest BCUT2D eigenvalue weighted by atomic mass is 9.79. The molecule has 1 aliphatic rings. The van der Waals surface area contributed by atoms with E-state index in [9.17, 15) is 14.7 Å². The molecular formula is C16H30N2O3. The highest BCUT2D eigenvalue weighted by Crippen LogP contribution is 2.29. The number of carbonyl (C=O) groups is 2. The van der Waals surface area contributed by atoms with Gasteiger partial charge in [-0.2, -0.15) is 0 Å². The molecule has 1 fully saturated rings. The molecule has 0 aromatic rings. The molecule has 1 aliphatic carbocycles. The second-order valence-corrected chi connectivity index (χ2v) is 6.08. The molecule has 0 spiro atoms. The zero-order valence-corrected chi connectivity index (χ0v) is 13.2. The van der Waals surface area contributed by atoms with Crippen LogP contribution in [0, 0.1) is 11.8 Å². The lowest BCUT2D eigenvalue weighted by Gasteiger charge is -2.30. The fourth-order valence-electron chi connectivity index (χ4n) is 2.98. The van der Waals surface area contributed by atoms with Gasteiger partial charge in [0.15, 0.2) is 0 Å². The average molecular weight is 298 g/mol. The number of hydrogen-bond donors (Lipinski definition) is 3. The van der Waals surface area contributed by atoms with Crippen molar-refractivity contribution in [1.29, 1.82) is 0 Å². The van der Waals surface area contributed by atoms with E-state index >= 15 is 0 Å². The Bertz CT molecular complexity index is 321. The van der Waals surface area contributed by atoms with E-state index in [-0.39, 0.29) is 18.4 Å². The van der Waals surface area contributed by atoms with Gasteiger partial charge in [0.25, 0.3) is 0 Å². The highest BCUT2D eigenvalue weighted by Gasteiger charge is 2.24. The monoisotopic (exact) mass is 298 g/mol. The number of aliphatic hydroxyl groups excluding tert-OH is 1. The zero-order chi connectivity index (χ0) is 15.5. The van der Waals surface area contributed by atoms with Crippen LogP contribution in [0.2, 0.25) is 0 Å². The standard InChI is InChI=1S/C16H30N2O3/c1-13(20)17-10-6-2-3-9-16(21)18-11-14-7-4-5-8-15(14)12-19/h14-15,19H,2-12H2,1H3,(H,17,20)(H,18,21). The van der Waals surface area contributed by atoms with Crippen molar-refractivity contribution in [3.05, 3.63) is 0 Å². The van der Waals surface area contributed by atoms with E-state index in [0.717, 1.165) is 32.1 Å². The lowest BCUT2D eigenvalue weighted by molar-refractivity contribution is -0.122. The molecule has 0 bridgehead atoms. The first-order chi connectivity index (χ1) is 10.1. The molecule has 5 nitrogen and oxygen atoms in total. The number of amides is 2. The fourth-order valence-corrected chi connectivity index (χ4v) is 2.98. The molecule has 122 valence electrons. The molecule has 0 saturated heterocycles. The Balaban J connectivity index is 2.04. The van der Waals surface area contributed by atoms with E-state index in [1.54, 1.807) is 0 Å². The first kappa shape index (κ1) is 18.0. The first-order valence-corrected chi connectivity index (χ1v) is 8.25. The summed E-state index contributed by atoms with van der Waals surface area (Å²) in [7, 11) is 0. The Kier molecular flexibility index (Phi) is 9.06. The summed E-state index contributed by atoms with van der Waals surface area (Å²) < 4.78 is 0. The molecule has 2 unspecified atom stereocenters. The third kappa shape index (κ3) is 8.05. The molecule has 2 atom stereocenters. The van der Waals surface area contributed by atoms with Crippen molar-refractivity contribution in [1.82, 2.24) is 10.6 Å². The van der Waals surface area contributed by atoms with Crippen LogP contribution in [0.15, 0.2) is 0 Å². The smallest absolute Gasteiger partial charge is 0.220 e. The molecule has 21 heavy (non-hydrogen) atoms. The van der Waals surface area contributed by atoms with Gasteiger partial charge in [-0.3, -0.25) is 9.59 Å². The van der Waals surface area contributed by atoms with Gasteiger partial charge in [0.1, 0.15) is 0 Å². The van der Waals surface area contributed by atoms with Gasteiger partial charge in [-0.15, -0.1) is 0 Å². The van der Waals surface area contributed by atoms with Crippen molar-refractivity contribution in [2.75, 3.05) is 19.7 Å². The van der Waals surface area contributed by atoms with Crippen LogP contribution >= 0.6 is 0 Å². The molecule has 3 N–H and O–H groups in total. The Labute approximate surface area is 127 Å². The van der Waals surface area contributed by atoms with Crippen LogP contribution in [0.3, 0.4) is 0 Å². The topological polar surface area (TPSA) is 78.4 Å². The maximum absolute atomic E-state index is 11.8. The van der Waals surface area contributed by atoms with E-state index < -0.39 is 0 Å². The van der Waals surface area contributed by atoms with Gasteiger partial charge in [-0.25, -0.2) is 0 Å². The molecule has 0 radical (unpaired) electrons. The summed E-state index contributed by atoms with van der Waals surface area (Å²) in [5.41, 5.74) is 0. The Morgan fingerprint density at radius 3 is 2.43 bits per heavy atom. The maximum Gasteiger partial charge on any atom is 0.220 e. The summed E-state index contributed by atoms with van der Waals surface area (Å²) in [6.07, 6.45) is 7.89. The van der Waals surface area contributed by atoms with Crippen molar-refractivity contribution in [3.63, 3.8) is 0 Å². The maximum atomic E-state index is 11.8. The van der Waals surface area contributed by atoms with Crippen LogP contribution in [-0.4, -0.2) is 36.6 Å². The fraction of sp³-hybridized carbons (Fsp3) is 0.875. The predicted octanol–water partition coefficient (Wildman–Crippen LogP) is 1.60. The molecular weight excluding hydrogens is 268 g/mol. The van der Waals surface area contributed by atoms with E-state index in [1.807, 2.05) is 0 Å². The quantitative estimate of drug-likeness (QED) is 0.566. The van der Waals surface area contributed by atoms with Gasteiger partial charge in [-0.1, -0.05) is 19.3 Å². The average Bonchev–Trinajstić information content (AvgIpc) is 2.48. The molecule has 1 rings (SSSR count). The van der Waals surface area contributed by atoms with Gasteiger partial charge >= 0.3 is 0 Å². The van der Waals surface area contributed by atoms with Crippen LogP contribution < -0.4 is 10.6 Å². The summed E-state index contributed by atoms with van der Waals surface area (Å²) >= 11 is 0. The van der Waals surface area contributed by atoms with E-state index in [4.69, 9.17) is 0 Å². The van der Waals surface area contributed by atoms with Gasteiger partial charge in [-0.05, 0) is 37.5 Å². The van der Waals surface area contributed by atoms with Crippen LogP contribution in [0.1, 0.15) is 58.3 Å². The Morgan fingerprint density at radius 2 is 1.76 bits per heavy atom. The Morgan fingerprint density at radius 1 is 1.05 bits per heavy atom. The van der Waals surface area contributed by atoms with Crippen LogP contribution in [0.25, 0.3) is 0 Å². The van der Waals surface area contributed by atoms with Gasteiger partial charge in [0.05, 0.1) is 0 Å². The van der Waals surface area contributed by atoms with Crippen molar-refractivity contribution in [2.24, 2.45) is 11.8 Å². The number of nitrogens with one attached hydrogen (secondary N) is 2. The number of hydrogen-bond acceptors (Lipinski definition) is 3. The number of carbonyl (C=O) groups excluding carboxylic acids is 2. The van der Waals surface area contributed by atoms with Crippen molar-refractivity contribution < 1.29 is 14.7 Å². The number of unbranched alkanes of at least 4 members (excludes halogenated alkanes) is 2. The highest BCUT2D eigenvalue weighted by molar-refractivity contribution is 5.75. The number of aliphatic hydroxyl groups is 1. The summed E-state index contributed by atoms with van der Waals surface area (Å²) in [5.74, 6) is 0.902. The minimum Gasteiger partial charge on any atom is -0.396 e. The minimum atomic E-state index is -0.00124. The molecule has 0 heterocycles. The van der Waals surface area contributed by atoms with Gasteiger partial charge < -0.3 is 15.7 Å². The second-order valence-electron chi connectivity index (χ2n) is 6.08. The Hall–Kier alpha value is -1.10. The van der Waals surface area contributed by atoms with E-state index in [0.29, 0.717) is 31.3 Å². The van der Waals surface area contributed by atoms with Gasteiger partial charge in [0.2, 0.25) is 11.8 Å². The van der Waals surface area contributed by atoms with Gasteiger partial charge in [0, 0.05) is 33.0 Å². The van der Waals surface area contributed by atoms with E-state index in [1.165, 1.54) is 19.8 Å². The molecule has 1 saturated carbocycles. The molecule has 0 aromatic heterocycles. The summed E-state index contributed by atoms with van der Waals surface area (Å²) in [6, 6.07) is 0. The summed E-state index contributed by atoms with van der Waals surface area (Å²) in [4.78, 5) is 22.5. The lowest BCUT2D eigenvalue weighted by Crippen LogP contribution is -2.35. The summed E-state index contributed by atoms with van der Waals surface area (Å²) in [5, 5.41) is 15.1. The SMILES string of the molecule is CC(=O)NCCCCCC(=O)NCC1CCCCC1CO. The normalized spacial score (nSPS) is 21.8. The molecule has 0 aromatic carbocycles. The van der Waals surface area contributed by atoms with Crippen molar-refractivity contribution >= 4 is 11.8 Å².